The highest BCUT2D eigenvalue weighted by Gasteiger charge is 2.08. The van der Waals surface area contributed by atoms with Crippen LogP contribution < -0.4 is 0 Å². The van der Waals surface area contributed by atoms with Crippen LogP contribution in [-0.2, 0) is 0 Å². The summed E-state index contributed by atoms with van der Waals surface area (Å²) in [6.45, 7) is 2.10. The lowest BCUT2D eigenvalue weighted by atomic mass is 9.96. The van der Waals surface area contributed by atoms with Crippen molar-refractivity contribution in [3.63, 3.8) is 0 Å². The molecule has 0 aliphatic heterocycles. The fraction of sp³-hybridized carbons (Fsp3) is 0.0435. The van der Waals surface area contributed by atoms with Crippen molar-refractivity contribution in [2.45, 2.75) is 6.92 Å². The van der Waals surface area contributed by atoms with Crippen molar-refractivity contribution in [3.05, 3.63) is 96.8 Å². The summed E-state index contributed by atoms with van der Waals surface area (Å²) in [6, 6.07) is 27.1. The SMILES string of the molecule is Cc1ccc(-c2cc(-c3ccccn3)cc(-c3ccccn3)c2)cc1. The summed E-state index contributed by atoms with van der Waals surface area (Å²) in [7, 11) is 0. The van der Waals surface area contributed by atoms with E-state index in [0.717, 1.165) is 22.5 Å². The van der Waals surface area contributed by atoms with Crippen LogP contribution in [0.25, 0.3) is 33.6 Å². The van der Waals surface area contributed by atoms with E-state index in [0.29, 0.717) is 0 Å². The van der Waals surface area contributed by atoms with Gasteiger partial charge in [-0.3, -0.25) is 9.97 Å². The van der Waals surface area contributed by atoms with Gasteiger partial charge in [-0.05, 0) is 60.5 Å². The second-order valence-electron chi connectivity index (χ2n) is 6.10. The number of rotatable bonds is 3. The van der Waals surface area contributed by atoms with E-state index in [1.54, 1.807) is 0 Å². The van der Waals surface area contributed by atoms with Gasteiger partial charge in [0.25, 0.3) is 0 Å². The molecule has 0 radical (unpaired) electrons. The summed E-state index contributed by atoms with van der Waals surface area (Å²) in [5.41, 5.74) is 7.75. The molecule has 2 aromatic heterocycles. The number of hydrogen-bond acceptors (Lipinski definition) is 2. The van der Waals surface area contributed by atoms with Crippen molar-refractivity contribution in [1.82, 2.24) is 9.97 Å². The second-order valence-corrected chi connectivity index (χ2v) is 6.10. The fourth-order valence-corrected chi connectivity index (χ4v) is 2.90. The lowest BCUT2D eigenvalue weighted by molar-refractivity contribution is 1.31. The maximum Gasteiger partial charge on any atom is 0.0702 e. The largest absolute Gasteiger partial charge is 0.256 e. The third-order valence-electron chi connectivity index (χ3n) is 4.24. The Morgan fingerprint density at radius 3 is 1.52 bits per heavy atom. The molecule has 0 fully saturated rings. The first-order valence-electron chi connectivity index (χ1n) is 8.34. The van der Waals surface area contributed by atoms with Crippen LogP contribution in [0.3, 0.4) is 0 Å². The Morgan fingerprint density at radius 1 is 0.520 bits per heavy atom. The predicted molar refractivity (Wildman–Crippen MR) is 103 cm³/mol. The van der Waals surface area contributed by atoms with Gasteiger partial charge in [0.1, 0.15) is 0 Å². The van der Waals surface area contributed by atoms with Crippen molar-refractivity contribution >= 4 is 0 Å². The van der Waals surface area contributed by atoms with E-state index in [1.807, 2.05) is 48.8 Å². The van der Waals surface area contributed by atoms with Crippen LogP contribution in [0, 0.1) is 6.92 Å². The lowest BCUT2D eigenvalue weighted by Gasteiger charge is -2.10. The molecule has 2 heteroatoms. The Bertz CT molecular complexity index is 918. The zero-order chi connectivity index (χ0) is 17.1. The molecular weight excluding hydrogens is 304 g/mol. The number of benzene rings is 2. The van der Waals surface area contributed by atoms with Gasteiger partial charge in [-0.1, -0.05) is 42.0 Å². The standard InChI is InChI=1S/C23H18N2/c1-17-8-10-18(11-9-17)19-14-20(22-6-2-4-12-24-22)16-21(15-19)23-7-3-5-13-25-23/h2-16H,1H3. The van der Waals surface area contributed by atoms with E-state index < -0.39 is 0 Å². The first-order chi connectivity index (χ1) is 12.3. The highest BCUT2D eigenvalue weighted by Crippen LogP contribution is 2.31. The molecule has 0 N–H and O–H groups in total. The first kappa shape index (κ1) is 15.3. The predicted octanol–water partition coefficient (Wildman–Crippen LogP) is 5.79. The minimum atomic E-state index is 0.966. The minimum Gasteiger partial charge on any atom is -0.256 e. The fourth-order valence-electron chi connectivity index (χ4n) is 2.90. The van der Waals surface area contributed by atoms with Gasteiger partial charge in [0.15, 0.2) is 0 Å². The number of aromatic nitrogens is 2. The average molecular weight is 322 g/mol. The Hall–Kier alpha value is -3.26. The second kappa shape index (κ2) is 6.70. The van der Waals surface area contributed by atoms with Crippen LogP contribution in [0.15, 0.2) is 91.3 Å². The quantitative estimate of drug-likeness (QED) is 0.477. The van der Waals surface area contributed by atoms with Crippen molar-refractivity contribution < 1.29 is 0 Å². The van der Waals surface area contributed by atoms with E-state index in [1.165, 1.54) is 16.7 Å². The van der Waals surface area contributed by atoms with Gasteiger partial charge in [0.05, 0.1) is 11.4 Å². The molecule has 0 atom stereocenters. The molecule has 0 saturated carbocycles. The molecule has 2 nitrogen and oxygen atoms in total. The topological polar surface area (TPSA) is 25.8 Å². The highest BCUT2D eigenvalue weighted by molar-refractivity contribution is 5.79. The molecule has 0 bridgehead atoms. The summed E-state index contributed by atoms with van der Waals surface area (Å²) in [6.07, 6.45) is 3.66. The summed E-state index contributed by atoms with van der Waals surface area (Å²) in [5.74, 6) is 0. The summed E-state index contributed by atoms with van der Waals surface area (Å²) in [5, 5.41) is 0. The third-order valence-corrected chi connectivity index (χ3v) is 4.24. The van der Waals surface area contributed by atoms with Gasteiger partial charge < -0.3 is 0 Å². The monoisotopic (exact) mass is 322 g/mol. The van der Waals surface area contributed by atoms with E-state index >= 15 is 0 Å². The molecule has 0 saturated heterocycles. The molecule has 2 heterocycles. The van der Waals surface area contributed by atoms with Gasteiger partial charge in [-0.2, -0.15) is 0 Å². The molecule has 0 aliphatic rings. The Balaban J connectivity index is 1.90. The van der Waals surface area contributed by atoms with Crippen molar-refractivity contribution in [3.8, 4) is 33.6 Å². The summed E-state index contributed by atoms with van der Waals surface area (Å²) < 4.78 is 0. The van der Waals surface area contributed by atoms with Crippen LogP contribution in [-0.4, -0.2) is 9.97 Å². The number of nitrogens with zero attached hydrogens (tertiary/aromatic N) is 2. The number of hydrogen-bond donors (Lipinski definition) is 0. The number of aryl methyl sites for hydroxylation is 1. The average Bonchev–Trinajstić information content (AvgIpc) is 2.69. The minimum absolute atomic E-state index is 0.966. The molecule has 4 aromatic rings. The van der Waals surface area contributed by atoms with Gasteiger partial charge in [-0.15, -0.1) is 0 Å². The van der Waals surface area contributed by atoms with E-state index in [-0.39, 0.29) is 0 Å². The molecule has 0 unspecified atom stereocenters. The normalized spacial score (nSPS) is 10.6. The molecule has 2 aromatic carbocycles. The van der Waals surface area contributed by atoms with Crippen LogP contribution in [0.4, 0.5) is 0 Å². The van der Waals surface area contributed by atoms with E-state index in [4.69, 9.17) is 0 Å². The van der Waals surface area contributed by atoms with Crippen molar-refractivity contribution in [2.75, 3.05) is 0 Å². The highest BCUT2D eigenvalue weighted by atomic mass is 14.7. The van der Waals surface area contributed by atoms with Gasteiger partial charge in [0, 0.05) is 23.5 Å². The Kier molecular flexibility index (Phi) is 4.09. The molecule has 0 aliphatic carbocycles. The molecular formula is C23H18N2. The molecule has 25 heavy (non-hydrogen) atoms. The molecule has 0 amide bonds. The number of pyridine rings is 2. The Morgan fingerprint density at radius 2 is 1.04 bits per heavy atom. The smallest absolute Gasteiger partial charge is 0.0702 e. The maximum absolute atomic E-state index is 4.51. The molecule has 4 rings (SSSR count). The molecule has 0 spiro atoms. The van der Waals surface area contributed by atoms with Crippen molar-refractivity contribution in [1.29, 1.82) is 0 Å². The zero-order valence-corrected chi connectivity index (χ0v) is 14.1. The summed E-state index contributed by atoms with van der Waals surface area (Å²) in [4.78, 5) is 9.02. The van der Waals surface area contributed by atoms with Crippen LogP contribution >= 0.6 is 0 Å². The van der Waals surface area contributed by atoms with E-state index in [9.17, 15) is 0 Å². The van der Waals surface area contributed by atoms with Crippen molar-refractivity contribution in [2.24, 2.45) is 0 Å². The van der Waals surface area contributed by atoms with Gasteiger partial charge >= 0.3 is 0 Å². The molecule has 120 valence electrons. The van der Waals surface area contributed by atoms with Crippen LogP contribution in [0.2, 0.25) is 0 Å². The van der Waals surface area contributed by atoms with Gasteiger partial charge in [-0.25, -0.2) is 0 Å². The van der Waals surface area contributed by atoms with E-state index in [2.05, 4.69) is 59.4 Å². The Labute approximate surface area is 147 Å². The lowest BCUT2D eigenvalue weighted by Crippen LogP contribution is -1.89. The zero-order valence-electron chi connectivity index (χ0n) is 14.1. The van der Waals surface area contributed by atoms with Gasteiger partial charge in [0.2, 0.25) is 0 Å². The van der Waals surface area contributed by atoms with Crippen LogP contribution in [0.1, 0.15) is 5.56 Å². The summed E-state index contributed by atoms with van der Waals surface area (Å²) >= 11 is 0. The third kappa shape index (κ3) is 3.33. The maximum atomic E-state index is 4.51. The first-order valence-corrected chi connectivity index (χ1v) is 8.34. The van der Waals surface area contributed by atoms with Crippen LogP contribution in [0.5, 0.6) is 0 Å².